The Morgan fingerprint density at radius 1 is 1.13 bits per heavy atom. The number of benzene rings is 1. The van der Waals surface area contributed by atoms with E-state index in [4.69, 9.17) is 19.3 Å². The summed E-state index contributed by atoms with van der Waals surface area (Å²) in [6.45, 7) is 4.90. The van der Waals surface area contributed by atoms with Crippen LogP contribution in [-0.2, 0) is 26.0 Å². The van der Waals surface area contributed by atoms with Crippen LogP contribution in [-0.4, -0.2) is 72.1 Å². The number of ether oxygens (including phenoxy) is 3. The van der Waals surface area contributed by atoms with Crippen molar-refractivity contribution in [3.63, 3.8) is 0 Å². The summed E-state index contributed by atoms with van der Waals surface area (Å²) in [5, 5.41) is 13.3. The van der Waals surface area contributed by atoms with E-state index in [1.165, 1.54) is 40.7 Å². The standard InChI is InChI=1S/C24H26N4O8S2/c1-15(2)35-20-11-16(23(31)27-24-25-17(14-37-24)13-22(29)30)12-21(26-20)36-18-3-5-19(6-4-18)38(32,33)28-7-9-34-10-8-28/h3-6,11-12,14-15H,7-10,13H2,1-2H3,(H,29,30)(H,25,27,31). The first-order valence-corrected chi connectivity index (χ1v) is 13.9. The van der Waals surface area contributed by atoms with Crippen LogP contribution in [0.3, 0.4) is 0 Å². The number of anilines is 1. The lowest BCUT2D eigenvalue weighted by Gasteiger charge is -2.26. The molecule has 0 atom stereocenters. The summed E-state index contributed by atoms with van der Waals surface area (Å²) in [6, 6.07) is 8.76. The molecule has 38 heavy (non-hydrogen) atoms. The fraction of sp³-hybridized carbons (Fsp3) is 0.333. The summed E-state index contributed by atoms with van der Waals surface area (Å²) in [5.41, 5.74) is 0.506. The second-order valence-electron chi connectivity index (χ2n) is 8.46. The molecule has 3 heterocycles. The first kappa shape index (κ1) is 27.4. The first-order valence-electron chi connectivity index (χ1n) is 11.6. The Hall–Kier alpha value is -3.59. The summed E-state index contributed by atoms with van der Waals surface area (Å²) < 4.78 is 43.8. The number of carboxylic acids is 1. The van der Waals surface area contributed by atoms with E-state index < -0.39 is 21.9 Å². The minimum absolute atomic E-state index is 0.0581. The van der Waals surface area contributed by atoms with Crippen molar-refractivity contribution in [2.24, 2.45) is 0 Å². The van der Waals surface area contributed by atoms with Crippen molar-refractivity contribution in [1.29, 1.82) is 0 Å². The molecule has 4 rings (SSSR count). The molecule has 0 bridgehead atoms. The minimum atomic E-state index is -3.65. The average Bonchev–Trinajstić information content (AvgIpc) is 3.30. The van der Waals surface area contributed by atoms with Crippen molar-refractivity contribution in [3.05, 3.63) is 53.0 Å². The Bertz CT molecular complexity index is 1400. The first-order chi connectivity index (χ1) is 18.1. The Balaban J connectivity index is 1.52. The van der Waals surface area contributed by atoms with Gasteiger partial charge in [-0.3, -0.25) is 14.9 Å². The molecule has 1 aliphatic heterocycles. The van der Waals surface area contributed by atoms with E-state index in [2.05, 4.69) is 15.3 Å². The lowest BCUT2D eigenvalue weighted by Crippen LogP contribution is -2.40. The Morgan fingerprint density at radius 3 is 2.47 bits per heavy atom. The maximum absolute atomic E-state index is 12.9. The lowest BCUT2D eigenvalue weighted by atomic mass is 10.2. The largest absolute Gasteiger partial charge is 0.481 e. The van der Waals surface area contributed by atoms with Gasteiger partial charge in [0.05, 0.1) is 41.9 Å². The second-order valence-corrected chi connectivity index (χ2v) is 11.3. The molecule has 1 fully saturated rings. The van der Waals surface area contributed by atoms with Crippen LogP contribution in [0.15, 0.2) is 46.7 Å². The fourth-order valence-corrected chi connectivity index (χ4v) is 5.59. The number of nitrogens with one attached hydrogen (secondary N) is 1. The molecule has 1 amide bonds. The van der Waals surface area contributed by atoms with Gasteiger partial charge >= 0.3 is 5.97 Å². The molecular weight excluding hydrogens is 536 g/mol. The number of rotatable bonds is 10. The molecule has 3 aromatic rings. The Morgan fingerprint density at radius 2 is 1.82 bits per heavy atom. The Labute approximate surface area is 223 Å². The molecule has 2 aromatic heterocycles. The Kier molecular flexibility index (Phi) is 8.56. The van der Waals surface area contributed by atoms with Gasteiger partial charge in [0.25, 0.3) is 5.91 Å². The zero-order valence-corrected chi connectivity index (χ0v) is 22.3. The molecule has 2 N–H and O–H groups in total. The van der Waals surface area contributed by atoms with Crippen LogP contribution in [0, 0.1) is 0 Å². The van der Waals surface area contributed by atoms with Crippen LogP contribution in [0.1, 0.15) is 29.9 Å². The number of hydrogen-bond donors (Lipinski definition) is 2. The zero-order valence-electron chi connectivity index (χ0n) is 20.6. The number of carbonyl (C=O) groups is 2. The number of carbonyl (C=O) groups excluding carboxylic acids is 1. The highest BCUT2D eigenvalue weighted by Crippen LogP contribution is 2.27. The number of sulfonamides is 1. The predicted molar refractivity (Wildman–Crippen MR) is 138 cm³/mol. The third-order valence-electron chi connectivity index (χ3n) is 5.16. The van der Waals surface area contributed by atoms with E-state index in [9.17, 15) is 18.0 Å². The van der Waals surface area contributed by atoms with Crippen molar-refractivity contribution in [2.75, 3.05) is 31.6 Å². The third-order valence-corrected chi connectivity index (χ3v) is 7.87. The number of thiazole rings is 1. The third kappa shape index (κ3) is 7.04. The predicted octanol–water partition coefficient (Wildman–Crippen LogP) is 3.02. The minimum Gasteiger partial charge on any atom is -0.481 e. The number of pyridine rings is 1. The van der Waals surface area contributed by atoms with Crippen LogP contribution >= 0.6 is 11.3 Å². The van der Waals surface area contributed by atoms with Gasteiger partial charge in [-0.2, -0.15) is 9.29 Å². The fourth-order valence-electron chi connectivity index (χ4n) is 3.47. The van der Waals surface area contributed by atoms with Crippen molar-refractivity contribution >= 4 is 38.4 Å². The van der Waals surface area contributed by atoms with Crippen molar-refractivity contribution in [1.82, 2.24) is 14.3 Å². The van der Waals surface area contributed by atoms with Crippen molar-refractivity contribution < 1.29 is 37.3 Å². The number of carboxylic acid groups (broad SMARTS) is 1. The number of hydrogen-bond acceptors (Lipinski definition) is 10. The number of aromatic nitrogens is 2. The molecule has 1 saturated heterocycles. The maximum Gasteiger partial charge on any atom is 0.309 e. The van der Waals surface area contributed by atoms with Gasteiger partial charge in [0, 0.05) is 30.6 Å². The zero-order chi connectivity index (χ0) is 27.3. The quantitative estimate of drug-likeness (QED) is 0.376. The molecule has 1 aliphatic rings. The van der Waals surface area contributed by atoms with Crippen LogP contribution < -0.4 is 14.8 Å². The molecule has 202 valence electrons. The highest BCUT2D eigenvalue weighted by atomic mass is 32.2. The molecular formula is C24H26N4O8S2. The van der Waals surface area contributed by atoms with Crippen LogP contribution in [0.25, 0.3) is 0 Å². The summed E-state index contributed by atoms with van der Waals surface area (Å²) in [6.07, 6.45) is -0.477. The molecule has 14 heteroatoms. The normalized spacial score (nSPS) is 14.3. The second kappa shape index (κ2) is 11.9. The molecule has 0 unspecified atom stereocenters. The lowest BCUT2D eigenvalue weighted by molar-refractivity contribution is -0.136. The van der Waals surface area contributed by atoms with E-state index in [0.717, 1.165) is 11.3 Å². The van der Waals surface area contributed by atoms with Gasteiger partial charge in [0.15, 0.2) is 5.13 Å². The molecule has 0 saturated carbocycles. The van der Waals surface area contributed by atoms with Gasteiger partial charge in [-0.15, -0.1) is 11.3 Å². The van der Waals surface area contributed by atoms with Gasteiger partial charge < -0.3 is 19.3 Å². The van der Waals surface area contributed by atoms with Gasteiger partial charge in [-0.05, 0) is 38.1 Å². The van der Waals surface area contributed by atoms with E-state index in [1.807, 2.05) is 13.8 Å². The molecule has 0 aliphatic carbocycles. The molecule has 0 radical (unpaired) electrons. The van der Waals surface area contributed by atoms with Crippen molar-refractivity contribution in [3.8, 4) is 17.5 Å². The number of nitrogens with zero attached hydrogens (tertiary/aromatic N) is 3. The number of amides is 1. The van der Waals surface area contributed by atoms with Gasteiger partial charge in [-0.1, -0.05) is 0 Å². The van der Waals surface area contributed by atoms with E-state index >= 15 is 0 Å². The summed E-state index contributed by atoms with van der Waals surface area (Å²) in [7, 11) is -3.65. The molecule has 1 aromatic carbocycles. The molecule has 12 nitrogen and oxygen atoms in total. The monoisotopic (exact) mass is 562 g/mol. The van der Waals surface area contributed by atoms with Gasteiger partial charge in [-0.25, -0.2) is 13.4 Å². The summed E-state index contributed by atoms with van der Waals surface area (Å²) in [5.74, 6) is -1.02. The molecule has 0 spiro atoms. The smallest absolute Gasteiger partial charge is 0.309 e. The number of morpholine rings is 1. The maximum atomic E-state index is 12.9. The van der Waals surface area contributed by atoms with Gasteiger partial charge in [0.1, 0.15) is 5.75 Å². The van der Waals surface area contributed by atoms with Gasteiger partial charge in [0.2, 0.25) is 21.8 Å². The summed E-state index contributed by atoms with van der Waals surface area (Å²) in [4.78, 5) is 32.3. The van der Waals surface area contributed by atoms with Crippen LogP contribution in [0.4, 0.5) is 5.13 Å². The average molecular weight is 563 g/mol. The van der Waals surface area contributed by atoms with E-state index in [0.29, 0.717) is 37.7 Å². The highest BCUT2D eigenvalue weighted by molar-refractivity contribution is 7.89. The topological polar surface area (TPSA) is 157 Å². The van der Waals surface area contributed by atoms with Crippen molar-refractivity contribution in [2.45, 2.75) is 31.3 Å². The highest BCUT2D eigenvalue weighted by Gasteiger charge is 2.26. The van der Waals surface area contributed by atoms with E-state index in [1.54, 1.807) is 5.38 Å². The number of aliphatic carboxylic acids is 1. The van der Waals surface area contributed by atoms with Crippen LogP contribution in [0.5, 0.6) is 17.5 Å². The SMILES string of the molecule is CC(C)Oc1cc(C(=O)Nc2nc(CC(=O)O)cs2)cc(Oc2ccc(S(=O)(=O)N3CCOCC3)cc2)n1. The summed E-state index contributed by atoms with van der Waals surface area (Å²) >= 11 is 1.11. The van der Waals surface area contributed by atoms with Crippen LogP contribution in [0.2, 0.25) is 0 Å². The van der Waals surface area contributed by atoms with E-state index in [-0.39, 0.29) is 39.9 Å².